The molecule has 0 spiro atoms. The van der Waals surface area contributed by atoms with Crippen LogP contribution in [0.5, 0.6) is 5.75 Å². The molecule has 0 aliphatic heterocycles. The van der Waals surface area contributed by atoms with Gasteiger partial charge in [-0.25, -0.2) is 0 Å². The predicted octanol–water partition coefficient (Wildman–Crippen LogP) is 0.156. The monoisotopic (exact) mass is 180 g/mol. The maximum Gasteiger partial charge on any atom is 0.707 e. The minimum Gasteiger partial charge on any atom is -0.512 e. The molecule has 0 amide bonds. The standard InChI is InChI=1S/C8H9BO4/c1-6-4-7(5-10)2-3-8(6)13-9(11)12/h2-5,11-12H,1H3. The summed E-state index contributed by atoms with van der Waals surface area (Å²) < 4.78 is 4.64. The number of aldehydes is 1. The van der Waals surface area contributed by atoms with Gasteiger partial charge >= 0.3 is 7.32 Å². The third-order valence-corrected chi connectivity index (χ3v) is 1.57. The number of carbonyl (C=O) groups excluding carboxylic acids is 1. The smallest absolute Gasteiger partial charge is 0.512 e. The third kappa shape index (κ3) is 2.57. The largest absolute Gasteiger partial charge is 0.707 e. The highest BCUT2D eigenvalue weighted by Crippen LogP contribution is 2.18. The fourth-order valence-corrected chi connectivity index (χ4v) is 0.992. The molecule has 13 heavy (non-hydrogen) atoms. The van der Waals surface area contributed by atoms with Crippen LogP contribution in [0.25, 0.3) is 0 Å². The Labute approximate surface area is 76.0 Å². The minimum absolute atomic E-state index is 0.348. The summed E-state index contributed by atoms with van der Waals surface area (Å²) in [6, 6.07) is 4.65. The molecule has 0 saturated heterocycles. The van der Waals surface area contributed by atoms with Crippen LogP contribution >= 0.6 is 0 Å². The molecular weight excluding hydrogens is 171 g/mol. The Kier molecular flexibility index (Phi) is 3.05. The van der Waals surface area contributed by atoms with E-state index in [1.165, 1.54) is 12.1 Å². The van der Waals surface area contributed by atoms with Crippen molar-refractivity contribution in [1.82, 2.24) is 0 Å². The molecule has 0 atom stereocenters. The molecule has 1 rings (SSSR count). The van der Waals surface area contributed by atoms with E-state index in [1.807, 2.05) is 0 Å². The summed E-state index contributed by atoms with van der Waals surface area (Å²) in [6.45, 7) is 1.71. The number of hydrogen-bond donors (Lipinski definition) is 2. The number of rotatable bonds is 3. The van der Waals surface area contributed by atoms with Crippen LogP contribution in [0.1, 0.15) is 15.9 Å². The van der Waals surface area contributed by atoms with Gasteiger partial charge in [0.1, 0.15) is 12.0 Å². The van der Waals surface area contributed by atoms with E-state index in [9.17, 15) is 4.79 Å². The van der Waals surface area contributed by atoms with E-state index in [2.05, 4.69) is 4.65 Å². The third-order valence-electron chi connectivity index (χ3n) is 1.57. The first-order valence-electron chi connectivity index (χ1n) is 3.72. The van der Waals surface area contributed by atoms with Crippen molar-refractivity contribution >= 4 is 13.6 Å². The van der Waals surface area contributed by atoms with Gasteiger partial charge in [-0.3, -0.25) is 4.79 Å². The van der Waals surface area contributed by atoms with Crippen LogP contribution in [-0.4, -0.2) is 23.7 Å². The van der Waals surface area contributed by atoms with Crippen LogP contribution < -0.4 is 4.65 Å². The summed E-state index contributed by atoms with van der Waals surface area (Å²) in [6.07, 6.45) is 0.714. The van der Waals surface area contributed by atoms with Crippen molar-refractivity contribution < 1.29 is 19.5 Å². The SMILES string of the molecule is Cc1cc(C=O)ccc1OB(O)O. The summed E-state index contributed by atoms with van der Waals surface area (Å²) in [5, 5.41) is 17.0. The van der Waals surface area contributed by atoms with Gasteiger partial charge in [0.2, 0.25) is 0 Å². The first-order valence-corrected chi connectivity index (χ1v) is 3.72. The average molecular weight is 180 g/mol. The van der Waals surface area contributed by atoms with Crippen LogP contribution in [0.2, 0.25) is 0 Å². The second kappa shape index (κ2) is 4.07. The molecule has 0 bridgehead atoms. The summed E-state index contributed by atoms with van der Waals surface area (Å²) in [5.74, 6) is 0.348. The number of aryl methyl sites for hydroxylation is 1. The highest BCUT2D eigenvalue weighted by Gasteiger charge is 2.12. The maximum absolute atomic E-state index is 10.4. The van der Waals surface area contributed by atoms with E-state index in [0.29, 0.717) is 23.2 Å². The summed E-state index contributed by atoms with van der Waals surface area (Å²) in [4.78, 5) is 10.4. The molecule has 4 nitrogen and oxygen atoms in total. The Balaban J connectivity index is 2.91. The van der Waals surface area contributed by atoms with Gasteiger partial charge in [0.05, 0.1) is 0 Å². The second-order valence-electron chi connectivity index (χ2n) is 2.59. The molecule has 1 aromatic carbocycles. The predicted molar refractivity (Wildman–Crippen MR) is 47.4 cm³/mol. The van der Waals surface area contributed by atoms with Gasteiger partial charge in [0, 0.05) is 5.56 Å². The van der Waals surface area contributed by atoms with Gasteiger partial charge in [-0.05, 0) is 30.7 Å². The lowest BCUT2D eigenvalue weighted by Crippen LogP contribution is -2.21. The molecular formula is C8H9BO4. The second-order valence-corrected chi connectivity index (χ2v) is 2.59. The number of benzene rings is 1. The normalized spacial score (nSPS) is 9.46. The Morgan fingerprint density at radius 3 is 2.62 bits per heavy atom. The van der Waals surface area contributed by atoms with E-state index in [4.69, 9.17) is 10.0 Å². The van der Waals surface area contributed by atoms with Crippen molar-refractivity contribution in [1.29, 1.82) is 0 Å². The van der Waals surface area contributed by atoms with E-state index in [0.717, 1.165) is 0 Å². The van der Waals surface area contributed by atoms with Crippen LogP contribution in [0, 0.1) is 6.92 Å². The van der Waals surface area contributed by atoms with E-state index >= 15 is 0 Å². The molecule has 0 radical (unpaired) electrons. The van der Waals surface area contributed by atoms with E-state index < -0.39 is 7.32 Å². The molecule has 0 fully saturated rings. The molecule has 2 N–H and O–H groups in total. The van der Waals surface area contributed by atoms with Gasteiger partial charge < -0.3 is 14.7 Å². The number of hydrogen-bond acceptors (Lipinski definition) is 4. The van der Waals surface area contributed by atoms with Crippen LogP contribution in [-0.2, 0) is 0 Å². The van der Waals surface area contributed by atoms with Crippen LogP contribution in [0.3, 0.4) is 0 Å². The van der Waals surface area contributed by atoms with Gasteiger partial charge in [0.25, 0.3) is 0 Å². The van der Waals surface area contributed by atoms with Crippen molar-refractivity contribution in [3.8, 4) is 5.75 Å². The molecule has 5 heteroatoms. The zero-order valence-electron chi connectivity index (χ0n) is 7.10. The highest BCUT2D eigenvalue weighted by atomic mass is 16.6. The average Bonchev–Trinajstić information content (AvgIpc) is 2.08. The molecule has 0 heterocycles. The molecule has 0 aromatic heterocycles. The molecule has 0 aliphatic carbocycles. The summed E-state index contributed by atoms with van der Waals surface area (Å²) in [5.41, 5.74) is 1.20. The Morgan fingerprint density at radius 2 is 2.15 bits per heavy atom. The summed E-state index contributed by atoms with van der Waals surface area (Å²) >= 11 is 0. The molecule has 0 aliphatic rings. The maximum atomic E-state index is 10.4. The van der Waals surface area contributed by atoms with Crippen LogP contribution in [0.4, 0.5) is 0 Å². The van der Waals surface area contributed by atoms with Crippen molar-refractivity contribution in [2.24, 2.45) is 0 Å². The Hall–Kier alpha value is -1.33. The van der Waals surface area contributed by atoms with Gasteiger partial charge in [-0.2, -0.15) is 0 Å². The Bertz CT molecular complexity index is 311. The molecule has 0 unspecified atom stereocenters. The summed E-state index contributed by atoms with van der Waals surface area (Å²) in [7, 11) is -1.83. The minimum atomic E-state index is -1.83. The lowest BCUT2D eigenvalue weighted by Gasteiger charge is -2.07. The zero-order valence-corrected chi connectivity index (χ0v) is 7.10. The van der Waals surface area contributed by atoms with Crippen LogP contribution in [0.15, 0.2) is 18.2 Å². The fraction of sp³-hybridized carbons (Fsp3) is 0.125. The molecule has 68 valence electrons. The first kappa shape index (κ1) is 9.76. The number of carbonyl (C=O) groups is 1. The van der Waals surface area contributed by atoms with E-state index in [1.54, 1.807) is 13.0 Å². The topological polar surface area (TPSA) is 66.8 Å². The zero-order chi connectivity index (χ0) is 9.84. The van der Waals surface area contributed by atoms with Crippen molar-refractivity contribution in [2.45, 2.75) is 6.92 Å². The van der Waals surface area contributed by atoms with E-state index in [-0.39, 0.29) is 0 Å². The highest BCUT2D eigenvalue weighted by molar-refractivity contribution is 6.33. The van der Waals surface area contributed by atoms with Crippen molar-refractivity contribution in [3.05, 3.63) is 29.3 Å². The van der Waals surface area contributed by atoms with Crippen molar-refractivity contribution in [2.75, 3.05) is 0 Å². The molecule has 1 aromatic rings. The Morgan fingerprint density at radius 1 is 1.46 bits per heavy atom. The van der Waals surface area contributed by atoms with Crippen molar-refractivity contribution in [3.63, 3.8) is 0 Å². The first-order chi connectivity index (χ1) is 6.13. The molecule has 0 saturated carbocycles. The quantitative estimate of drug-likeness (QED) is 0.513. The van der Waals surface area contributed by atoms with Gasteiger partial charge in [0.15, 0.2) is 0 Å². The van der Waals surface area contributed by atoms with Gasteiger partial charge in [-0.1, -0.05) is 0 Å². The fourth-order valence-electron chi connectivity index (χ4n) is 0.992. The lowest BCUT2D eigenvalue weighted by molar-refractivity contribution is 0.112. The van der Waals surface area contributed by atoms with Gasteiger partial charge in [-0.15, -0.1) is 0 Å². The lowest BCUT2D eigenvalue weighted by atomic mass is 10.1.